The predicted octanol–water partition coefficient (Wildman–Crippen LogP) is 5.65. The number of amides is 1. The third kappa shape index (κ3) is 6.04. The molecule has 4 rings (SSSR count). The zero-order chi connectivity index (χ0) is 25.5. The van der Waals surface area contributed by atoms with Gasteiger partial charge in [0.05, 0.1) is 23.6 Å². The maximum atomic E-state index is 13.1. The van der Waals surface area contributed by atoms with Crippen LogP contribution in [-0.4, -0.2) is 29.4 Å². The summed E-state index contributed by atoms with van der Waals surface area (Å²) in [5.41, 5.74) is 5.67. The van der Waals surface area contributed by atoms with Crippen molar-refractivity contribution in [1.82, 2.24) is 5.32 Å². The van der Waals surface area contributed by atoms with Gasteiger partial charge in [-0.1, -0.05) is 84.6 Å². The average Bonchev–Trinajstić information content (AvgIpc) is 2.90. The van der Waals surface area contributed by atoms with Gasteiger partial charge in [-0.3, -0.25) is 4.79 Å². The zero-order valence-electron chi connectivity index (χ0n) is 20.6. The highest BCUT2D eigenvalue weighted by atomic mass is 32.2. The van der Waals surface area contributed by atoms with Gasteiger partial charge in [0.1, 0.15) is 6.04 Å². The van der Waals surface area contributed by atoms with E-state index in [1.807, 2.05) is 92.7 Å². The number of thioether (sulfide) groups is 1. The Morgan fingerprint density at radius 3 is 2.39 bits per heavy atom. The molecular weight excluding hydrogens is 470 g/mol. The normalized spacial score (nSPS) is 15.1. The summed E-state index contributed by atoms with van der Waals surface area (Å²) >= 11 is 1.30. The first-order valence-corrected chi connectivity index (χ1v) is 12.8. The van der Waals surface area contributed by atoms with E-state index < -0.39 is 12.0 Å². The van der Waals surface area contributed by atoms with E-state index in [1.54, 1.807) is 6.92 Å². The Morgan fingerprint density at radius 2 is 1.69 bits per heavy atom. The Bertz CT molecular complexity index is 1300. The summed E-state index contributed by atoms with van der Waals surface area (Å²) in [4.78, 5) is 30.8. The molecule has 3 aromatic rings. The Hall–Kier alpha value is -3.84. The molecule has 0 aromatic heterocycles. The summed E-state index contributed by atoms with van der Waals surface area (Å²) in [5, 5.41) is 6.86. The van der Waals surface area contributed by atoms with Gasteiger partial charge in [0, 0.05) is 5.69 Å². The van der Waals surface area contributed by atoms with Crippen LogP contribution in [0.1, 0.15) is 35.2 Å². The number of esters is 1. The molecule has 0 aliphatic carbocycles. The van der Waals surface area contributed by atoms with Crippen LogP contribution in [0.15, 0.2) is 89.4 Å². The fraction of sp³-hybridized carbons (Fsp3) is 0.207. The largest absolute Gasteiger partial charge is 0.463 e. The van der Waals surface area contributed by atoms with Crippen molar-refractivity contribution >= 4 is 40.2 Å². The van der Waals surface area contributed by atoms with Gasteiger partial charge in [-0.25, -0.2) is 9.79 Å². The van der Waals surface area contributed by atoms with E-state index in [1.165, 1.54) is 11.8 Å². The predicted molar refractivity (Wildman–Crippen MR) is 147 cm³/mol. The average molecular weight is 500 g/mol. The van der Waals surface area contributed by atoms with Crippen molar-refractivity contribution in [1.29, 1.82) is 0 Å². The fourth-order valence-electron chi connectivity index (χ4n) is 3.92. The van der Waals surface area contributed by atoms with Gasteiger partial charge in [0.2, 0.25) is 5.91 Å². The Balaban J connectivity index is 1.64. The third-order valence-electron chi connectivity index (χ3n) is 5.70. The van der Waals surface area contributed by atoms with Crippen LogP contribution >= 0.6 is 11.8 Å². The number of carbonyl (C=O) groups is 2. The number of anilines is 1. The van der Waals surface area contributed by atoms with Crippen molar-refractivity contribution < 1.29 is 14.3 Å². The first-order chi connectivity index (χ1) is 17.5. The molecule has 1 atom stereocenters. The highest BCUT2D eigenvalue weighted by Crippen LogP contribution is 2.36. The topological polar surface area (TPSA) is 79.8 Å². The molecule has 0 bridgehead atoms. The first kappa shape index (κ1) is 25.3. The van der Waals surface area contributed by atoms with Crippen molar-refractivity contribution in [3.63, 3.8) is 0 Å². The van der Waals surface area contributed by atoms with E-state index in [0.717, 1.165) is 27.9 Å². The maximum absolute atomic E-state index is 13.1. The molecule has 0 fully saturated rings. The van der Waals surface area contributed by atoms with Gasteiger partial charge in [-0.05, 0) is 49.1 Å². The number of rotatable bonds is 7. The Kier molecular flexibility index (Phi) is 8.23. The molecule has 0 saturated heterocycles. The summed E-state index contributed by atoms with van der Waals surface area (Å²) in [6, 6.07) is 24.7. The molecule has 0 unspecified atom stereocenters. The molecule has 1 aliphatic heterocycles. The number of ether oxygens (including phenoxy) is 1. The number of aryl methyl sites for hydroxylation is 2. The second kappa shape index (κ2) is 11.7. The smallest absolute Gasteiger partial charge is 0.338 e. The highest BCUT2D eigenvalue weighted by molar-refractivity contribution is 8.14. The number of carbonyl (C=O) groups excluding carboxylic acids is 2. The number of hydrogen-bond donors (Lipinski definition) is 2. The molecule has 36 heavy (non-hydrogen) atoms. The number of hydrogen-bond acceptors (Lipinski definition) is 6. The number of benzene rings is 3. The van der Waals surface area contributed by atoms with E-state index in [0.29, 0.717) is 16.4 Å². The van der Waals surface area contributed by atoms with Crippen LogP contribution in [0.5, 0.6) is 0 Å². The van der Waals surface area contributed by atoms with Gasteiger partial charge in [-0.2, -0.15) is 0 Å². The molecular formula is C29H29N3O3S. The van der Waals surface area contributed by atoms with Crippen LogP contribution in [0.2, 0.25) is 0 Å². The van der Waals surface area contributed by atoms with E-state index in [-0.39, 0.29) is 18.3 Å². The standard InChI is InChI=1S/C29H29N3O3S/c1-4-35-28(34)25-26(21-11-7-5-8-12-21)31-29(32-27(25)22-13-9-6-10-14-22)36-18-24(33)30-23-17-19(2)15-16-20(23)3/h5-17,26H,4,18H2,1-3H3,(H,30,33)(H,31,32)/t26-/m1/s1. The van der Waals surface area contributed by atoms with Gasteiger partial charge in [0.25, 0.3) is 0 Å². The molecule has 2 N–H and O–H groups in total. The molecule has 3 aromatic carbocycles. The van der Waals surface area contributed by atoms with Gasteiger partial charge < -0.3 is 15.4 Å². The lowest BCUT2D eigenvalue weighted by Crippen LogP contribution is -2.31. The van der Waals surface area contributed by atoms with Crippen molar-refractivity contribution in [3.05, 3.63) is 107 Å². The quantitative estimate of drug-likeness (QED) is 0.411. The van der Waals surface area contributed by atoms with Crippen LogP contribution in [0, 0.1) is 13.8 Å². The number of nitrogens with zero attached hydrogens (tertiary/aromatic N) is 1. The minimum Gasteiger partial charge on any atom is -0.463 e. The first-order valence-electron chi connectivity index (χ1n) is 11.8. The molecule has 0 radical (unpaired) electrons. The van der Waals surface area contributed by atoms with E-state index in [2.05, 4.69) is 10.6 Å². The minimum absolute atomic E-state index is 0.129. The Labute approximate surface area is 215 Å². The third-order valence-corrected chi connectivity index (χ3v) is 6.59. The van der Waals surface area contributed by atoms with Crippen molar-refractivity contribution in [2.75, 3.05) is 17.7 Å². The monoisotopic (exact) mass is 499 g/mol. The minimum atomic E-state index is -0.564. The maximum Gasteiger partial charge on any atom is 0.338 e. The molecule has 7 heteroatoms. The van der Waals surface area contributed by atoms with Gasteiger partial charge in [-0.15, -0.1) is 0 Å². The molecule has 1 amide bonds. The summed E-state index contributed by atoms with van der Waals surface area (Å²) < 4.78 is 5.43. The lowest BCUT2D eigenvalue weighted by molar-refractivity contribution is -0.138. The second-order valence-corrected chi connectivity index (χ2v) is 9.37. The Morgan fingerprint density at radius 1 is 1.00 bits per heavy atom. The van der Waals surface area contributed by atoms with Gasteiger partial charge >= 0.3 is 5.97 Å². The van der Waals surface area contributed by atoms with Crippen LogP contribution < -0.4 is 10.6 Å². The molecule has 6 nitrogen and oxygen atoms in total. The van der Waals surface area contributed by atoms with Crippen LogP contribution in [0.4, 0.5) is 5.69 Å². The SMILES string of the molecule is CCOC(=O)C1=C(c2ccccc2)NC(SCC(=O)Nc2cc(C)ccc2C)=N[C@@H]1c1ccccc1. The van der Waals surface area contributed by atoms with Crippen molar-refractivity contribution in [2.24, 2.45) is 4.99 Å². The second-order valence-electron chi connectivity index (χ2n) is 8.40. The zero-order valence-corrected chi connectivity index (χ0v) is 21.4. The van der Waals surface area contributed by atoms with Gasteiger partial charge in [0.15, 0.2) is 5.17 Å². The summed E-state index contributed by atoms with van der Waals surface area (Å²) in [6.45, 7) is 6.00. The summed E-state index contributed by atoms with van der Waals surface area (Å²) in [7, 11) is 0. The molecule has 1 aliphatic rings. The number of nitrogens with one attached hydrogen (secondary N) is 2. The fourth-order valence-corrected chi connectivity index (χ4v) is 4.61. The molecule has 1 heterocycles. The van der Waals surface area contributed by atoms with E-state index in [4.69, 9.17) is 9.73 Å². The van der Waals surface area contributed by atoms with E-state index in [9.17, 15) is 9.59 Å². The summed E-state index contributed by atoms with van der Waals surface area (Å²) in [6.07, 6.45) is 0. The van der Waals surface area contributed by atoms with Crippen LogP contribution in [-0.2, 0) is 14.3 Å². The lowest BCUT2D eigenvalue weighted by Gasteiger charge is -2.27. The van der Waals surface area contributed by atoms with Crippen LogP contribution in [0.3, 0.4) is 0 Å². The van der Waals surface area contributed by atoms with E-state index >= 15 is 0 Å². The van der Waals surface area contributed by atoms with Crippen molar-refractivity contribution in [2.45, 2.75) is 26.8 Å². The van der Waals surface area contributed by atoms with Crippen molar-refractivity contribution in [3.8, 4) is 0 Å². The molecule has 184 valence electrons. The molecule has 0 saturated carbocycles. The summed E-state index contributed by atoms with van der Waals surface area (Å²) in [5.74, 6) is -0.383. The lowest BCUT2D eigenvalue weighted by atomic mass is 9.94. The molecule has 0 spiro atoms. The number of aliphatic imine (C=N–C) groups is 1. The number of amidine groups is 1. The van der Waals surface area contributed by atoms with Crippen LogP contribution in [0.25, 0.3) is 5.70 Å². The highest BCUT2D eigenvalue weighted by Gasteiger charge is 2.32.